The normalized spacial score (nSPS) is 20.4. The predicted molar refractivity (Wildman–Crippen MR) is 100 cm³/mol. The minimum atomic E-state index is -0.434. The van der Waals surface area contributed by atoms with E-state index in [2.05, 4.69) is 19.0 Å². The Morgan fingerprint density at radius 1 is 1.26 bits per heavy atom. The molecule has 0 aliphatic carbocycles. The molecule has 2 fully saturated rings. The van der Waals surface area contributed by atoms with Gasteiger partial charge in [0.15, 0.2) is 0 Å². The van der Waals surface area contributed by atoms with Crippen LogP contribution in [-0.4, -0.2) is 65.2 Å². The largest absolute Gasteiger partial charge is 0.372 e. The summed E-state index contributed by atoms with van der Waals surface area (Å²) in [7, 11) is 0. The Kier molecular flexibility index (Phi) is 5.89. The summed E-state index contributed by atoms with van der Waals surface area (Å²) in [4.78, 5) is 29.4. The van der Waals surface area contributed by atoms with Gasteiger partial charge in [-0.15, -0.1) is 0 Å². The lowest BCUT2D eigenvalue weighted by Gasteiger charge is -2.40. The molecule has 0 aromatic carbocycles. The molecular formula is C20H31N3O4. The fraction of sp³-hybridized carbons (Fsp3) is 0.750. The summed E-state index contributed by atoms with van der Waals surface area (Å²) in [6.45, 7) is 11.2. The fourth-order valence-electron chi connectivity index (χ4n) is 4.10. The van der Waals surface area contributed by atoms with Gasteiger partial charge in [0.2, 0.25) is 5.91 Å². The summed E-state index contributed by atoms with van der Waals surface area (Å²) in [5, 5.41) is 3.99. The molecule has 0 saturated carbocycles. The summed E-state index contributed by atoms with van der Waals surface area (Å²) in [5.74, 6) is 1.16. The Hall–Kier alpha value is -1.89. The molecular weight excluding hydrogens is 346 g/mol. The maximum absolute atomic E-state index is 12.9. The Bertz CT molecular complexity index is 689. The maximum Gasteiger partial charge on any atom is 0.259 e. The SMILES string of the molecule is CCc1noc(C)c1C(=O)N1CCC2(CC1)CC(=O)N(CC(C)C)CCO2. The number of aryl methyl sites for hydroxylation is 2. The van der Waals surface area contributed by atoms with E-state index < -0.39 is 5.60 Å². The van der Waals surface area contributed by atoms with Crippen molar-refractivity contribution in [1.82, 2.24) is 15.0 Å². The smallest absolute Gasteiger partial charge is 0.259 e. The van der Waals surface area contributed by atoms with E-state index in [1.807, 2.05) is 16.7 Å². The third-order valence-corrected chi connectivity index (χ3v) is 5.63. The van der Waals surface area contributed by atoms with Gasteiger partial charge in [-0.25, -0.2) is 0 Å². The van der Waals surface area contributed by atoms with E-state index in [1.165, 1.54) is 0 Å². The molecule has 7 nitrogen and oxygen atoms in total. The van der Waals surface area contributed by atoms with E-state index in [4.69, 9.17) is 9.26 Å². The molecule has 0 radical (unpaired) electrons. The summed E-state index contributed by atoms with van der Waals surface area (Å²) >= 11 is 0. The Morgan fingerprint density at radius 3 is 2.59 bits per heavy atom. The second-order valence-electron chi connectivity index (χ2n) is 8.15. The van der Waals surface area contributed by atoms with Crippen LogP contribution in [0.5, 0.6) is 0 Å². The van der Waals surface area contributed by atoms with Gasteiger partial charge in [0.25, 0.3) is 5.91 Å². The van der Waals surface area contributed by atoms with Gasteiger partial charge in [-0.1, -0.05) is 25.9 Å². The quantitative estimate of drug-likeness (QED) is 0.805. The first-order valence-corrected chi connectivity index (χ1v) is 10.0. The maximum atomic E-state index is 12.9. The van der Waals surface area contributed by atoms with Crippen molar-refractivity contribution in [3.63, 3.8) is 0 Å². The first-order chi connectivity index (χ1) is 12.8. The molecule has 3 rings (SSSR count). The van der Waals surface area contributed by atoms with Crippen molar-refractivity contribution in [2.45, 2.75) is 59.0 Å². The topological polar surface area (TPSA) is 75.9 Å². The van der Waals surface area contributed by atoms with Crippen molar-refractivity contribution >= 4 is 11.8 Å². The standard InChI is InChI=1S/C20H31N3O4/c1-5-16-18(15(4)27-21-16)19(25)22-8-6-20(7-9-22)12-17(24)23(10-11-26-20)13-14(2)3/h14H,5-13H2,1-4H3. The van der Waals surface area contributed by atoms with E-state index >= 15 is 0 Å². The van der Waals surface area contributed by atoms with Crippen molar-refractivity contribution in [1.29, 1.82) is 0 Å². The van der Waals surface area contributed by atoms with Crippen LogP contribution in [0.3, 0.4) is 0 Å². The van der Waals surface area contributed by atoms with Crippen molar-refractivity contribution < 1.29 is 18.8 Å². The molecule has 1 aromatic rings. The average Bonchev–Trinajstić information content (AvgIpc) is 2.94. The highest BCUT2D eigenvalue weighted by Crippen LogP contribution is 2.33. The number of amides is 2. The van der Waals surface area contributed by atoms with Crippen molar-refractivity contribution in [3.8, 4) is 0 Å². The van der Waals surface area contributed by atoms with Crippen LogP contribution < -0.4 is 0 Å². The van der Waals surface area contributed by atoms with Crippen molar-refractivity contribution in [3.05, 3.63) is 17.0 Å². The first kappa shape index (κ1) is 19.9. The zero-order valence-corrected chi connectivity index (χ0v) is 16.9. The molecule has 0 atom stereocenters. The second-order valence-corrected chi connectivity index (χ2v) is 8.15. The molecule has 1 spiro atoms. The minimum Gasteiger partial charge on any atom is -0.372 e. The van der Waals surface area contributed by atoms with Gasteiger partial charge in [-0.2, -0.15) is 0 Å². The lowest BCUT2D eigenvalue weighted by molar-refractivity contribution is -0.135. The number of aromatic nitrogens is 1. The highest BCUT2D eigenvalue weighted by atomic mass is 16.5. The number of hydrogen-bond donors (Lipinski definition) is 0. The van der Waals surface area contributed by atoms with E-state index in [0.717, 1.165) is 6.54 Å². The molecule has 7 heteroatoms. The number of ether oxygens (including phenoxy) is 1. The van der Waals surface area contributed by atoms with Crippen LogP contribution in [0.4, 0.5) is 0 Å². The number of carbonyl (C=O) groups excluding carboxylic acids is 2. The van der Waals surface area contributed by atoms with Crippen molar-refractivity contribution in [2.75, 3.05) is 32.8 Å². The average molecular weight is 377 g/mol. The Labute approximate surface area is 161 Å². The van der Waals surface area contributed by atoms with E-state index in [0.29, 0.717) is 74.9 Å². The van der Waals surface area contributed by atoms with Crippen LogP contribution in [0, 0.1) is 12.8 Å². The number of carbonyl (C=O) groups is 2. The molecule has 0 unspecified atom stereocenters. The van der Waals surface area contributed by atoms with E-state index in [9.17, 15) is 9.59 Å². The van der Waals surface area contributed by atoms with Crippen LogP contribution in [0.15, 0.2) is 4.52 Å². The summed E-state index contributed by atoms with van der Waals surface area (Å²) in [5.41, 5.74) is 0.870. The lowest BCUT2D eigenvalue weighted by Crippen LogP contribution is -2.49. The third-order valence-electron chi connectivity index (χ3n) is 5.63. The van der Waals surface area contributed by atoms with Gasteiger partial charge in [0.1, 0.15) is 11.3 Å². The Morgan fingerprint density at radius 2 is 1.96 bits per heavy atom. The van der Waals surface area contributed by atoms with Gasteiger partial charge in [-0.3, -0.25) is 9.59 Å². The second kappa shape index (κ2) is 8.00. The Balaban J connectivity index is 1.65. The van der Waals surface area contributed by atoms with Gasteiger partial charge in [0.05, 0.1) is 24.3 Å². The lowest BCUT2D eigenvalue weighted by atomic mass is 9.87. The number of likely N-dealkylation sites (tertiary alicyclic amines) is 1. The fourth-order valence-corrected chi connectivity index (χ4v) is 4.10. The van der Waals surface area contributed by atoms with Crippen LogP contribution in [0.1, 0.15) is 61.8 Å². The molecule has 150 valence electrons. The third kappa shape index (κ3) is 4.18. The van der Waals surface area contributed by atoms with E-state index in [-0.39, 0.29) is 11.8 Å². The molecule has 1 aromatic heterocycles. The van der Waals surface area contributed by atoms with Gasteiger partial charge >= 0.3 is 0 Å². The van der Waals surface area contributed by atoms with E-state index in [1.54, 1.807) is 6.92 Å². The highest BCUT2D eigenvalue weighted by molar-refractivity contribution is 5.96. The first-order valence-electron chi connectivity index (χ1n) is 10.0. The molecule has 0 N–H and O–H groups in total. The molecule has 2 saturated heterocycles. The summed E-state index contributed by atoms with van der Waals surface area (Å²) in [6, 6.07) is 0. The molecule has 3 heterocycles. The number of rotatable bonds is 4. The zero-order chi connectivity index (χ0) is 19.6. The van der Waals surface area contributed by atoms with Crippen LogP contribution in [0.2, 0.25) is 0 Å². The molecule has 0 bridgehead atoms. The zero-order valence-electron chi connectivity index (χ0n) is 16.9. The summed E-state index contributed by atoms with van der Waals surface area (Å²) < 4.78 is 11.4. The van der Waals surface area contributed by atoms with Crippen LogP contribution in [0.25, 0.3) is 0 Å². The molecule has 27 heavy (non-hydrogen) atoms. The van der Waals surface area contributed by atoms with Gasteiger partial charge < -0.3 is 19.1 Å². The summed E-state index contributed by atoms with van der Waals surface area (Å²) in [6.07, 6.45) is 2.45. The van der Waals surface area contributed by atoms with Gasteiger partial charge in [-0.05, 0) is 32.1 Å². The molecule has 2 aliphatic heterocycles. The monoisotopic (exact) mass is 377 g/mol. The van der Waals surface area contributed by atoms with Crippen LogP contribution in [-0.2, 0) is 16.0 Å². The number of piperidine rings is 1. The predicted octanol–water partition coefficient (Wildman–Crippen LogP) is 2.43. The van der Waals surface area contributed by atoms with Crippen LogP contribution >= 0.6 is 0 Å². The van der Waals surface area contributed by atoms with Crippen molar-refractivity contribution in [2.24, 2.45) is 5.92 Å². The highest BCUT2D eigenvalue weighted by Gasteiger charge is 2.42. The number of hydrogen-bond acceptors (Lipinski definition) is 5. The number of nitrogens with zero attached hydrogens (tertiary/aromatic N) is 3. The molecule has 2 amide bonds. The minimum absolute atomic E-state index is 0.0261. The molecule has 2 aliphatic rings. The van der Waals surface area contributed by atoms with Gasteiger partial charge in [0, 0.05) is 26.2 Å².